The van der Waals surface area contributed by atoms with Gasteiger partial charge < -0.3 is 4.74 Å². The lowest BCUT2D eigenvalue weighted by Gasteiger charge is -2.12. The second-order valence-electron chi connectivity index (χ2n) is 4.34. The topological polar surface area (TPSA) is 45.0 Å². The number of nitrogens with zero attached hydrogens (tertiary/aromatic N) is 1. The lowest BCUT2D eigenvalue weighted by Crippen LogP contribution is -2.19. The van der Waals surface area contributed by atoms with Gasteiger partial charge in [-0.25, -0.2) is 0 Å². The molecule has 0 amide bonds. The van der Waals surface area contributed by atoms with Crippen LogP contribution in [0.4, 0.5) is 0 Å². The quantitative estimate of drug-likeness (QED) is 0.911. The summed E-state index contributed by atoms with van der Waals surface area (Å²) < 4.78 is 5.11. The number of nitrogens with one attached hydrogen (secondary N) is 1. The van der Waals surface area contributed by atoms with Crippen LogP contribution in [0.2, 0.25) is 5.02 Å². The minimum atomic E-state index is -0.352. The van der Waals surface area contributed by atoms with Crippen LogP contribution in [0.15, 0.2) is 48.5 Å². The summed E-state index contributed by atoms with van der Waals surface area (Å²) in [6.07, 6.45) is 0. The van der Waals surface area contributed by atoms with Gasteiger partial charge in [0.2, 0.25) is 0 Å². The molecule has 2 rings (SSSR count). The van der Waals surface area contributed by atoms with E-state index >= 15 is 0 Å². The Morgan fingerprint density at radius 1 is 1.15 bits per heavy atom. The zero-order valence-corrected chi connectivity index (χ0v) is 11.9. The predicted octanol–water partition coefficient (Wildman–Crippen LogP) is 3.70. The van der Waals surface area contributed by atoms with E-state index in [4.69, 9.17) is 16.3 Å². The molecule has 0 saturated carbocycles. The fraction of sp³-hybridized carbons (Fsp3) is 0.188. The van der Waals surface area contributed by atoms with E-state index in [2.05, 4.69) is 11.4 Å². The van der Waals surface area contributed by atoms with E-state index in [1.807, 2.05) is 36.4 Å². The first-order chi connectivity index (χ1) is 9.72. The van der Waals surface area contributed by atoms with Crippen molar-refractivity contribution < 1.29 is 4.74 Å². The zero-order chi connectivity index (χ0) is 14.4. The van der Waals surface area contributed by atoms with Crippen molar-refractivity contribution in [1.82, 2.24) is 5.32 Å². The maximum Gasteiger partial charge on any atom is 0.121 e. The van der Waals surface area contributed by atoms with Gasteiger partial charge in [0.15, 0.2) is 0 Å². The van der Waals surface area contributed by atoms with Crippen LogP contribution in [-0.2, 0) is 6.54 Å². The molecule has 0 heterocycles. The van der Waals surface area contributed by atoms with Gasteiger partial charge in [-0.15, -0.1) is 0 Å². The van der Waals surface area contributed by atoms with Crippen molar-refractivity contribution in [3.63, 3.8) is 0 Å². The molecule has 0 radical (unpaired) electrons. The molecule has 0 aliphatic heterocycles. The summed E-state index contributed by atoms with van der Waals surface area (Å²) in [5, 5.41) is 13.1. The molecule has 1 atom stereocenters. The Kier molecular flexibility index (Phi) is 5.00. The molecule has 2 aromatic rings. The molecular formula is C16H15ClN2O. The maximum atomic E-state index is 9.24. The van der Waals surface area contributed by atoms with Crippen LogP contribution < -0.4 is 10.1 Å². The molecule has 0 aromatic heterocycles. The van der Waals surface area contributed by atoms with Crippen molar-refractivity contribution in [3.05, 3.63) is 64.7 Å². The highest BCUT2D eigenvalue weighted by Crippen LogP contribution is 2.17. The van der Waals surface area contributed by atoms with Crippen LogP contribution in [0.1, 0.15) is 17.2 Å². The average Bonchev–Trinajstić information content (AvgIpc) is 2.50. The Morgan fingerprint density at radius 3 is 2.35 bits per heavy atom. The highest BCUT2D eigenvalue weighted by molar-refractivity contribution is 6.30. The molecule has 0 aliphatic carbocycles. The first-order valence-corrected chi connectivity index (χ1v) is 6.62. The number of halogens is 1. The molecule has 0 saturated heterocycles. The van der Waals surface area contributed by atoms with Gasteiger partial charge in [0.05, 0.1) is 13.2 Å². The highest BCUT2D eigenvalue weighted by atomic mass is 35.5. The number of ether oxygens (including phenoxy) is 1. The van der Waals surface area contributed by atoms with Crippen molar-refractivity contribution >= 4 is 11.6 Å². The Labute approximate surface area is 123 Å². The predicted molar refractivity (Wildman–Crippen MR) is 79.6 cm³/mol. The third-order valence-electron chi connectivity index (χ3n) is 3.00. The lowest BCUT2D eigenvalue weighted by molar-refractivity contribution is 0.414. The summed E-state index contributed by atoms with van der Waals surface area (Å²) in [5.74, 6) is 0.822. The third kappa shape index (κ3) is 3.74. The van der Waals surface area contributed by atoms with Crippen LogP contribution in [0.25, 0.3) is 0 Å². The van der Waals surface area contributed by atoms with Crippen LogP contribution in [0.3, 0.4) is 0 Å². The van der Waals surface area contributed by atoms with Gasteiger partial charge in [0.25, 0.3) is 0 Å². The van der Waals surface area contributed by atoms with E-state index in [1.54, 1.807) is 19.2 Å². The zero-order valence-electron chi connectivity index (χ0n) is 11.1. The minimum absolute atomic E-state index is 0.352. The van der Waals surface area contributed by atoms with Crippen LogP contribution in [0.5, 0.6) is 5.75 Å². The van der Waals surface area contributed by atoms with Crippen LogP contribution in [0, 0.1) is 11.3 Å². The molecule has 4 heteroatoms. The number of hydrogen-bond acceptors (Lipinski definition) is 3. The largest absolute Gasteiger partial charge is 0.497 e. The molecular weight excluding hydrogens is 272 g/mol. The van der Waals surface area contributed by atoms with Crippen molar-refractivity contribution in [2.24, 2.45) is 0 Å². The molecule has 2 aromatic carbocycles. The Balaban J connectivity index is 2.00. The number of hydrogen-bond donors (Lipinski definition) is 1. The monoisotopic (exact) mass is 286 g/mol. The van der Waals surface area contributed by atoms with Gasteiger partial charge in [-0.05, 0) is 35.4 Å². The van der Waals surface area contributed by atoms with Gasteiger partial charge in [0.1, 0.15) is 11.8 Å². The second-order valence-corrected chi connectivity index (χ2v) is 4.78. The number of benzene rings is 2. The molecule has 0 spiro atoms. The first-order valence-electron chi connectivity index (χ1n) is 6.24. The summed E-state index contributed by atoms with van der Waals surface area (Å²) in [6, 6.07) is 16.9. The fourth-order valence-electron chi connectivity index (χ4n) is 1.86. The van der Waals surface area contributed by atoms with E-state index in [0.717, 1.165) is 16.9 Å². The summed E-state index contributed by atoms with van der Waals surface area (Å²) >= 11 is 5.85. The lowest BCUT2D eigenvalue weighted by atomic mass is 10.1. The standard InChI is InChI=1S/C16H15ClN2O/c1-20-15-8-2-12(3-9-15)11-19-16(10-18)13-4-6-14(17)7-5-13/h2-9,16,19H,11H2,1H3. The van der Waals surface area contributed by atoms with E-state index in [-0.39, 0.29) is 6.04 Å². The molecule has 102 valence electrons. The summed E-state index contributed by atoms with van der Waals surface area (Å²) in [5.41, 5.74) is 2.01. The normalized spacial score (nSPS) is 11.7. The molecule has 3 nitrogen and oxygen atoms in total. The van der Waals surface area contributed by atoms with Crippen molar-refractivity contribution in [1.29, 1.82) is 5.26 Å². The first kappa shape index (κ1) is 14.4. The number of rotatable bonds is 5. The number of nitriles is 1. The number of methoxy groups -OCH3 is 1. The molecule has 0 aliphatic rings. The van der Waals surface area contributed by atoms with Crippen molar-refractivity contribution in [3.8, 4) is 11.8 Å². The smallest absolute Gasteiger partial charge is 0.121 e. The molecule has 1 unspecified atom stereocenters. The molecule has 1 N–H and O–H groups in total. The van der Waals surface area contributed by atoms with Gasteiger partial charge in [-0.3, -0.25) is 5.32 Å². The summed E-state index contributed by atoms with van der Waals surface area (Å²) in [4.78, 5) is 0. The molecule has 20 heavy (non-hydrogen) atoms. The van der Waals surface area contributed by atoms with Gasteiger partial charge in [0, 0.05) is 11.6 Å². The Hall–Kier alpha value is -2.02. The van der Waals surface area contributed by atoms with Gasteiger partial charge in [-0.2, -0.15) is 5.26 Å². The van der Waals surface area contributed by atoms with E-state index in [0.29, 0.717) is 11.6 Å². The maximum absolute atomic E-state index is 9.24. The third-order valence-corrected chi connectivity index (χ3v) is 3.25. The summed E-state index contributed by atoms with van der Waals surface area (Å²) in [7, 11) is 1.64. The van der Waals surface area contributed by atoms with Gasteiger partial charge >= 0.3 is 0 Å². The fourth-order valence-corrected chi connectivity index (χ4v) is 1.98. The minimum Gasteiger partial charge on any atom is -0.497 e. The van der Waals surface area contributed by atoms with Crippen molar-refractivity contribution in [2.75, 3.05) is 7.11 Å². The van der Waals surface area contributed by atoms with Crippen LogP contribution >= 0.6 is 11.6 Å². The average molecular weight is 287 g/mol. The van der Waals surface area contributed by atoms with E-state index < -0.39 is 0 Å². The molecule has 0 bridgehead atoms. The van der Waals surface area contributed by atoms with E-state index in [1.165, 1.54) is 0 Å². The summed E-state index contributed by atoms with van der Waals surface area (Å²) in [6.45, 7) is 0.616. The highest BCUT2D eigenvalue weighted by Gasteiger charge is 2.09. The molecule has 0 fully saturated rings. The van der Waals surface area contributed by atoms with E-state index in [9.17, 15) is 5.26 Å². The Bertz CT molecular complexity index is 587. The van der Waals surface area contributed by atoms with Crippen LogP contribution in [-0.4, -0.2) is 7.11 Å². The Morgan fingerprint density at radius 2 is 1.80 bits per heavy atom. The SMILES string of the molecule is COc1ccc(CNC(C#N)c2ccc(Cl)cc2)cc1. The van der Waals surface area contributed by atoms with Crippen molar-refractivity contribution in [2.45, 2.75) is 12.6 Å². The second kappa shape index (κ2) is 6.95. The van der Waals surface area contributed by atoms with Gasteiger partial charge in [-0.1, -0.05) is 35.9 Å².